The summed E-state index contributed by atoms with van der Waals surface area (Å²) in [6.45, 7) is 0. The van der Waals surface area contributed by atoms with Gasteiger partial charge in [-0.1, -0.05) is 12.1 Å². The van der Waals surface area contributed by atoms with Crippen LogP contribution in [0.5, 0.6) is 5.75 Å². The van der Waals surface area contributed by atoms with E-state index >= 15 is 0 Å². The molecule has 1 amide bonds. The lowest BCUT2D eigenvalue weighted by Crippen LogP contribution is -2.17. The summed E-state index contributed by atoms with van der Waals surface area (Å²) in [5, 5.41) is 11.9. The van der Waals surface area contributed by atoms with E-state index in [0.717, 1.165) is 11.3 Å². The highest BCUT2D eigenvalue weighted by atomic mass is 16.3. The van der Waals surface area contributed by atoms with Crippen LogP contribution in [0.4, 0.5) is 5.69 Å². The van der Waals surface area contributed by atoms with Crippen LogP contribution in [-0.2, 0) is 0 Å². The van der Waals surface area contributed by atoms with Crippen molar-refractivity contribution in [1.29, 1.82) is 0 Å². The van der Waals surface area contributed by atoms with Gasteiger partial charge >= 0.3 is 5.91 Å². The van der Waals surface area contributed by atoms with E-state index in [0.29, 0.717) is 11.4 Å². The Morgan fingerprint density at radius 2 is 1.67 bits per heavy atom. The summed E-state index contributed by atoms with van der Waals surface area (Å²) in [5.41, 5.74) is 2.00. The zero-order valence-corrected chi connectivity index (χ0v) is 14.8. The molecule has 0 radical (unpaired) electrons. The molecule has 7 nitrogen and oxygen atoms in total. The Hall–Kier alpha value is -3.74. The van der Waals surface area contributed by atoms with Gasteiger partial charge in [-0.05, 0) is 42.0 Å². The van der Waals surface area contributed by atoms with Gasteiger partial charge in [0.15, 0.2) is 5.43 Å². The summed E-state index contributed by atoms with van der Waals surface area (Å²) < 4.78 is 1.61. The Morgan fingerprint density at radius 1 is 1.04 bits per heavy atom. The third-order valence-corrected chi connectivity index (χ3v) is 4.17. The Balaban J connectivity index is 2.24. The van der Waals surface area contributed by atoms with Crippen LogP contribution in [0, 0.1) is 4.91 Å². The number of amides is 1. The fraction of sp³-hybridized carbons (Fsp3) is 0.100. The predicted octanol–water partition coefficient (Wildman–Crippen LogP) is 3.18. The van der Waals surface area contributed by atoms with Gasteiger partial charge in [0.25, 0.3) is 0 Å². The van der Waals surface area contributed by atoms with E-state index in [4.69, 9.17) is 0 Å². The number of aromatic hydroxyl groups is 1. The summed E-state index contributed by atoms with van der Waals surface area (Å²) in [5.74, 6) is -1.04. The maximum Gasteiger partial charge on any atom is 0.322 e. The van der Waals surface area contributed by atoms with Crippen molar-refractivity contribution in [2.75, 3.05) is 19.0 Å². The first kappa shape index (κ1) is 18.1. The first-order valence-electron chi connectivity index (χ1n) is 8.12. The molecule has 3 aromatic rings. The lowest BCUT2D eigenvalue weighted by Gasteiger charge is -2.17. The van der Waals surface area contributed by atoms with Gasteiger partial charge in [-0.25, -0.2) is 0 Å². The number of hydrogen-bond acceptors (Lipinski definition) is 5. The van der Waals surface area contributed by atoms with E-state index in [1.807, 2.05) is 43.3 Å². The third-order valence-electron chi connectivity index (χ3n) is 4.17. The number of nitrogens with zero attached hydrogens (tertiary/aromatic N) is 3. The standard InChI is InChI=1S/C20H17N3O4/c1-22(2)14-5-3-13(4-6-14)18-11-19(25)17(20(26)21-27)12-23(18)15-7-9-16(24)10-8-15/h3-12,24H,1-2H3. The molecule has 0 unspecified atom stereocenters. The lowest BCUT2D eigenvalue weighted by atomic mass is 10.1. The minimum atomic E-state index is -1.12. The van der Waals surface area contributed by atoms with Gasteiger partial charge in [-0.3, -0.25) is 9.59 Å². The van der Waals surface area contributed by atoms with Crippen molar-refractivity contribution in [1.82, 2.24) is 4.57 Å². The Kier molecular flexibility index (Phi) is 4.85. The number of pyridine rings is 1. The molecule has 0 aliphatic carbocycles. The molecular formula is C20H17N3O4. The van der Waals surface area contributed by atoms with E-state index < -0.39 is 11.3 Å². The van der Waals surface area contributed by atoms with Crippen LogP contribution in [0.2, 0.25) is 0 Å². The van der Waals surface area contributed by atoms with Crippen molar-refractivity contribution in [3.63, 3.8) is 0 Å². The Bertz CT molecular complexity index is 1050. The first-order chi connectivity index (χ1) is 12.9. The second kappa shape index (κ2) is 7.25. The average Bonchev–Trinajstić information content (AvgIpc) is 2.68. The van der Waals surface area contributed by atoms with Gasteiger partial charge in [0, 0.05) is 42.9 Å². The lowest BCUT2D eigenvalue weighted by molar-refractivity contribution is 0.0999. The van der Waals surface area contributed by atoms with Crippen molar-refractivity contribution in [3.05, 3.63) is 81.5 Å². The fourth-order valence-electron chi connectivity index (χ4n) is 2.72. The minimum Gasteiger partial charge on any atom is -0.508 e. The monoisotopic (exact) mass is 363 g/mol. The van der Waals surface area contributed by atoms with Crippen LogP contribution in [0.15, 0.2) is 70.8 Å². The highest BCUT2D eigenvalue weighted by molar-refractivity contribution is 5.94. The number of nitroso groups, excluding NO2 is 1. The molecule has 0 bridgehead atoms. The first-order valence-corrected chi connectivity index (χ1v) is 8.12. The van der Waals surface area contributed by atoms with Gasteiger partial charge in [-0.15, -0.1) is 4.91 Å². The maximum atomic E-state index is 12.3. The molecule has 3 rings (SSSR count). The molecule has 1 heterocycles. The number of hydrogen-bond donors (Lipinski definition) is 1. The molecule has 0 saturated carbocycles. The molecule has 1 N–H and O–H groups in total. The van der Waals surface area contributed by atoms with Crippen LogP contribution >= 0.6 is 0 Å². The molecule has 7 heteroatoms. The fourth-order valence-corrected chi connectivity index (χ4v) is 2.72. The number of phenols is 1. The summed E-state index contributed by atoms with van der Waals surface area (Å²) in [6.07, 6.45) is 1.30. The Labute approximate surface area is 155 Å². The van der Waals surface area contributed by atoms with Crippen molar-refractivity contribution in [3.8, 4) is 22.7 Å². The number of carbonyl (C=O) groups is 1. The van der Waals surface area contributed by atoms with Crippen LogP contribution in [0.1, 0.15) is 10.4 Å². The second-order valence-electron chi connectivity index (χ2n) is 6.16. The summed E-state index contributed by atoms with van der Waals surface area (Å²) in [6, 6.07) is 15.1. The summed E-state index contributed by atoms with van der Waals surface area (Å²) >= 11 is 0. The highest BCUT2D eigenvalue weighted by Gasteiger charge is 2.16. The van der Waals surface area contributed by atoms with Gasteiger partial charge in [0.1, 0.15) is 11.3 Å². The smallest absolute Gasteiger partial charge is 0.322 e. The van der Waals surface area contributed by atoms with E-state index in [-0.39, 0.29) is 11.3 Å². The maximum absolute atomic E-state index is 12.3. The number of phenolic OH excluding ortho intramolecular Hbond substituents is 1. The normalized spacial score (nSPS) is 10.4. The largest absolute Gasteiger partial charge is 0.508 e. The van der Waals surface area contributed by atoms with E-state index in [1.165, 1.54) is 24.4 Å². The summed E-state index contributed by atoms with van der Waals surface area (Å²) in [4.78, 5) is 36.6. The Morgan fingerprint density at radius 3 is 2.22 bits per heavy atom. The van der Waals surface area contributed by atoms with Gasteiger partial charge in [0.2, 0.25) is 0 Å². The molecular weight excluding hydrogens is 346 g/mol. The van der Waals surface area contributed by atoms with Gasteiger partial charge in [-0.2, -0.15) is 0 Å². The van der Waals surface area contributed by atoms with Crippen molar-refractivity contribution in [2.45, 2.75) is 0 Å². The van der Waals surface area contributed by atoms with Gasteiger partial charge < -0.3 is 14.6 Å². The summed E-state index contributed by atoms with van der Waals surface area (Å²) in [7, 11) is 3.85. The topological polar surface area (TPSA) is 92.0 Å². The number of carbonyl (C=O) groups excluding carboxylic acids is 1. The molecule has 0 fully saturated rings. The van der Waals surface area contributed by atoms with Crippen LogP contribution in [0.3, 0.4) is 0 Å². The second-order valence-corrected chi connectivity index (χ2v) is 6.16. The third kappa shape index (κ3) is 3.62. The van der Waals surface area contributed by atoms with Crippen molar-refractivity contribution in [2.24, 2.45) is 5.18 Å². The van der Waals surface area contributed by atoms with Crippen LogP contribution in [0.25, 0.3) is 16.9 Å². The van der Waals surface area contributed by atoms with Crippen LogP contribution < -0.4 is 10.3 Å². The highest BCUT2D eigenvalue weighted by Crippen LogP contribution is 2.25. The molecule has 2 aromatic carbocycles. The molecule has 1 aromatic heterocycles. The molecule has 0 saturated heterocycles. The number of benzene rings is 2. The van der Waals surface area contributed by atoms with E-state index in [1.54, 1.807) is 16.7 Å². The van der Waals surface area contributed by atoms with Crippen LogP contribution in [-0.4, -0.2) is 29.7 Å². The molecule has 27 heavy (non-hydrogen) atoms. The van der Waals surface area contributed by atoms with E-state index in [9.17, 15) is 19.6 Å². The number of rotatable bonds is 4. The number of aromatic nitrogens is 1. The molecule has 0 aliphatic heterocycles. The molecule has 136 valence electrons. The number of anilines is 1. The SMILES string of the molecule is CN(C)c1ccc(-c2cc(=O)c(C(=O)N=O)cn2-c2ccc(O)cc2)cc1. The zero-order chi connectivity index (χ0) is 19.6. The van der Waals surface area contributed by atoms with Gasteiger partial charge in [0.05, 0.1) is 5.69 Å². The van der Waals surface area contributed by atoms with Crippen molar-refractivity contribution >= 4 is 11.6 Å². The zero-order valence-electron chi connectivity index (χ0n) is 14.8. The predicted molar refractivity (Wildman–Crippen MR) is 104 cm³/mol. The quantitative estimate of drug-likeness (QED) is 0.719. The molecule has 0 spiro atoms. The minimum absolute atomic E-state index is 0.0857. The van der Waals surface area contributed by atoms with E-state index in [2.05, 4.69) is 5.18 Å². The van der Waals surface area contributed by atoms with Crippen molar-refractivity contribution < 1.29 is 9.90 Å². The molecule has 0 atom stereocenters. The average molecular weight is 363 g/mol. The molecule has 0 aliphatic rings.